The maximum absolute atomic E-state index is 11.9. The molecule has 2 N–H and O–H groups in total. The van der Waals surface area contributed by atoms with E-state index in [-0.39, 0.29) is 30.9 Å². The lowest BCUT2D eigenvalue weighted by molar-refractivity contribution is -0.148. The van der Waals surface area contributed by atoms with Crippen LogP contribution in [0.5, 0.6) is 0 Å². The smallest absolute Gasteiger partial charge is 0.310 e. The molecule has 0 radical (unpaired) electrons. The Morgan fingerprint density at radius 2 is 1.67 bits per heavy atom. The second kappa shape index (κ2) is 9.73. The van der Waals surface area contributed by atoms with Crippen molar-refractivity contribution in [2.45, 2.75) is 26.3 Å². The van der Waals surface area contributed by atoms with Crippen molar-refractivity contribution in [2.24, 2.45) is 0 Å². The molecule has 2 rings (SSSR count). The van der Waals surface area contributed by atoms with Gasteiger partial charge >= 0.3 is 5.97 Å². The van der Waals surface area contributed by atoms with Crippen molar-refractivity contribution < 1.29 is 19.1 Å². The molecule has 0 fully saturated rings. The highest BCUT2D eigenvalue weighted by atomic mass is 35.5. The molecule has 0 aliphatic rings. The van der Waals surface area contributed by atoms with Gasteiger partial charge in [0.1, 0.15) is 0 Å². The van der Waals surface area contributed by atoms with Gasteiger partial charge in [0, 0.05) is 17.6 Å². The molecule has 2 aromatic rings. The summed E-state index contributed by atoms with van der Waals surface area (Å²) in [6.07, 6.45) is 0.0420. The van der Waals surface area contributed by atoms with Crippen molar-refractivity contribution in [2.75, 3.05) is 11.9 Å². The third-order valence-corrected chi connectivity index (χ3v) is 3.99. The van der Waals surface area contributed by atoms with Gasteiger partial charge in [-0.25, -0.2) is 0 Å². The summed E-state index contributed by atoms with van der Waals surface area (Å²) in [6, 6.07) is 13.7. The molecule has 0 saturated heterocycles. The van der Waals surface area contributed by atoms with Gasteiger partial charge in [-0.05, 0) is 42.3 Å². The zero-order valence-electron chi connectivity index (χ0n) is 15.1. The van der Waals surface area contributed by atoms with Gasteiger partial charge in [0.2, 0.25) is 5.91 Å². The fourth-order valence-corrected chi connectivity index (χ4v) is 2.52. The van der Waals surface area contributed by atoms with Gasteiger partial charge in [-0.1, -0.05) is 35.9 Å². The number of carbonyl (C=O) groups excluding carboxylic acids is 3. The van der Waals surface area contributed by atoms with Crippen LogP contribution in [0.1, 0.15) is 31.0 Å². The number of carbonyl (C=O) groups is 3. The molecule has 0 saturated carbocycles. The lowest BCUT2D eigenvalue weighted by atomic mass is 10.1. The van der Waals surface area contributed by atoms with Crippen molar-refractivity contribution in [3.8, 4) is 0 Å². The fourth-order valence-electron chi connectivity index (χ4n) is 2.39. The van der Waals surface area contributed by atoms with Crippen molar-refractivity contribution in [3.63, 3.8) is 0 Å². The average molecular weight is 389 g/mol. The summed E-state index contributed by atoms with van der Waals surface area (Å²) in [5.41, 5.74) is 2.28. The average Bonchev–Trinajstić information content (AvgIpc) is 2.62. The Morgan fingerprint density at radius 3 is 2.26 bits per heavy atom. The van der Waals surface area contributed by atoms with Gasteiger partial charge in [0.15, 0.2) is 6.61 Å². The summed E-state index contributed by atoms with van der Waals surface area (Å²) in [7, 11) is 0. The van der Waals surface area contributed by atoms with E-state index >= 15 is 0 Å². The molecular weight excluding hydrogens is 368 g/mol. The first-order valence-electron chi connectivity index (χ1n) is 8.40. The number of esters is 1. The Bertz CT molecular complexity index is 804. The Kier molecular flexibility index (Phi) is 7.37. The number of ether oxygens (including phenoxy) is 1. The van der Waals surface area contributed by atoms with E-state index < -0.39 is 5.97 Å². The van der Waals surface area contributed by atoms with Crippen molar-refractivity contribution in [3.05, 3.63) is 64.7 Å². The van der Waals surface area contributed by atoms with Crippen molar-refractivity contribution in [1.82, 2.24) is 5.32 Å². The third-order valence-electron chi connectivity index (χ3n) is 3.73. The third kappa shape index (κ3) is 7.11. The SMILES string of the molecule is CC(=O)Nc1ccc(CC(=O)OCC(=O)N[C@@H](C)c2ccc(Cl)cc2)cc1. The van der Waals surface area contributed by atoms with Gasteiger partial charge in [-0.15, -0.1) is 0 Å². The number of amides is 2. The first-order valence-corrected chi connectivity index (χ1v) is 8.78. The maximum atomic E-state index is 11.9. The number of hydrogen-bond donors (Lipinski definition) is 2. The Morgan fingerprint density at radius 1 is 1.04 bits per heavy atom. The topological polar surface area (TPSA) is 84.5 Å². The van der Waals surface area contributed by atoms with E-state index in [0.717, 1.165) is 11.1 Å². The second-order valence-electron chi connectivity index (χ2n) is 6.06. The first-order chi connectivity index (χ1) is 12.8. The normalized spacial score (nSPS) is 11.4. The van der Waals surface area contributed by atoms with Gasteiger partial charge in [0.25, 0.3) is 5.91 Å². The molecule has 142 valence electrons. The minimum Gasteiger partial charge on any atom is -0.455 e. The van der Waals surface area contributed by atoms with Crippen LogP contribution in [0.4, 0.5) is 5.69 Å². The number of nitrogens with one attached hydrogen (secondary N) is 2. The highest BCUT2D eigenvalue weighted by Crippen LogP contribution is 2.16. The minimum absolute atomic E-state index is 0.0420. The van der Waals surface area contributed by atoms with Crippen LogP contribution in [0.2, 0.25) is 5.02 Å². The van der Waals surface area contributed by atoms with Crippen molar-refractivity contribution in [1.29, 1.82) is 0 Å². The Hall–Kier alpha value is -2.86. The number of anilines is 1. The summed E-state index contributed by atoms with van der Waals surface area (Å²) < 4.78 is 5.02. The molecule has 27 heavy (non-hydrogen) atoms. The maximum Gasteiger partial charge on any atom is 0.310 e. The summed E-state index contributed by atoms with van der Waals surface area (Å²) in [5, 5.41) is 6.03. The molecule has 0 bridgehead atoms. The number of halogens is 1. The molecule has 0 unspecified atom stereocenters. The molecule has 0 aromatic heterocycles. The second-order valence-corrected chi connectivity index (χ2v) is 6.49. The van der Waals surface area contributed by atoms with Gasteiger partial charge < -0.3 is 15.4 Å². The van der Waals surface area contributed by atoms with Crippen LogP contribution >= 0.6 is 11.6 Å². The van der Waals surface area contributed by atoms with Crippen LogP contribution < -0.4 is 10.6 Å². The van der Waals surface area contributed by atoms with E-state index in [9.17, 15) is 14.4 Å². The predicted molar refractivity (Wildman–Crippen MR) is 103 cm³/mol. The van der Waals surface area contributed by atoms with Gasteiger partial charge in [0.05, 0.1) is 12.5 Å². The Labute approximate surface area is 162 Å². The van der Waals surface area contributed by atoms with E-state index in [0.29, 0.717) is 10.7 Å². The summed E-state index contributed by atoms with van der Waals surface area (Å²) in [5.74, 6) is -1.05. The summed E-state index contributed by atoms with van der Waals surface area (Å²) in [6.45, 7) is 2.91. The largest absolute Gasteiger partial charge is 0.455 e. The molecular formula is C20H21ClN2O4. The molecule has 0 heterocycles. The molecule has 0 spiro atoms. The standard InChI is InChI=1S/C20H21ClN2O4/c1-13(16-5-7-17(21)8-6-16)22-19(25)12-27-20(26)11-15-3-9-18(10-4-15)23-14(2)24/h3-10,13H,11-12H2,1-2H3,(H,22,25)(H,23,24)/t13-/m0/s1. The summed E-state index contributed by atoms with van der Waals surface area (Å²) >= 11 is 5.84. The zero-order chi connectivity index (χ0) is 19.8. The van der Waals surface area contributed by atoms with Gasteiger partial charge in [-0.2, -0.15) is 0 Å². The minimum atomic E-state index is -0.503. The monoisotopic (exact) mass is 388 g/mol. The molecule has 0 aliphatic heterocycles. The first kappa shape index (κ1) is 20.5. The highest BCUT2D eigenvalue weighted by Gasteiger charge is 2.12. The molecule has 1 atom stereocenters. The van der Waals surface area contributed by atoms with Crippen LogP contribution in [-0.4, -0.2) is 24.4 Å². The highest BCUT2D eigenvalue weighted by molar-refractivity contribution is 6.30. The van der Waals surface area contributed by atoms with Crippen molar-refractivity contribution >= 4 is 35.1 Å². The van der Waals surface area contributed by atoms with E-state index in [2.05, 4.69) is 10.6 Å². The van der Waals surface area contributed by atoms with Crippen LogP contribution in [-0.2, 0) is 25.5 Å². The quantitative estimate of drug-likeness (QED) is 0.713. The van der Waals surface area contributed by atoms with E-state index in [1.807, 2.05) is 19.1 Å². The zero-order valence-corrected chi connectivity index (χ0v) is 15.9. The lowest BCUT2D eigenvalue weighted by Gasteiger charge is -2.14. The molecule has 0 aliphatic carbocycles. The van der Waals surface area contributed by atoms with Crippen LogP contribution in [0, 0.1) is 0 Å². The van der Waals surface area contributed by atoms with Gasteiger partial charge in [-0.3, -0.25) is 14.4 Å². The van der Waals surface area contributed by atoms with E-state index in [4.69, 9.17) is 16.3 Å². The molecule has 2 aromatic carbocycles. The van der Waals surface area contributed by atoms with E-state index in [1.54, 1.807) is 36.4 Å². The lowest BCUT2D eigenvalue weighted by Crippen LogP contribution is -2.31. The number of rotatable bonds is 7. The van der Waals surface area contributed by atoms with E-state index in [1.165, 1.54) is 6.92 Å². The predicted octanol–water partition coefficient (Wildman–Crippen LogP) is 3.26. The molecule has 6 nitrogen and oxygen atoms in total. The summed E-state index contributed by atoms with van der Waals surface area (Å²) in [4.78, 5) is 34.8. The van der Waals surface area contributed by atoms with Crippen LogP contribution in [0.15, 0.2) is 48.5 Å². The van der Waals surface area contributed by atoms with Crippen LogP contribution in [0.25, 0.3) is 0 Å². The Balaban J connectivity index is 1.76. The number of hydrogen-bond acceptors (Lipinski definition) is 4. The van der Waals surface area contributed by atoms with Crippen LogP contribution in [0.3, 0.4) is 0 Å². The number of benzene rings is 2. The molecule has 2 amide bonds. The molecule has 7 heteroatoms. The fraction of sp³-hybridized carbons (Fsp3) is 0.250.